The molecule has 446 valence electrons. The van der Waals surface area contributed by atoms with Crippen LogP contribution < -0.4 is 42.8 Å². The highest BCUT2D eigenvalue weighted by atomic mass is 33.1. The minimum absolute atomic E-state index is 0.00990. The second kappa shape index (κ2) is 37.1. The summed E-state index contributed by atoms with van der Waals surface area (Å²) in [5, 5.41) is 79.8. The molecule has 15 N–H and O–H groups in total. The van der Waals surface area contributed by atoms with Crippen LogP contribution in [0.15, 0.2) is 54.6 Å². The molecule has 0 radical (unpaired) electrons. The summed E-state index contributed by atoms with van der Waals surface area (Å²) in [4.78, 5) is 148. The molecule has 2 aromatic rings. The quantitative estimate of drug-likeness (QED) is 0.0194. The minimum Gasteiger partial charge on any atom is -0.508 e. The van der Waals surface area contributed by atoms with Crippen LogP contribution in [0.25, 0.3) is 0 Å². The van der Waals surface area contributed by atoms with Crippen molar-refractivity contribution in [2.24, 2.45) is 11.8 Å². The molecule has 0 spiro atoms. The number of carbonyl (C=O) groups is 12. The third-order valence-corrected chi connectivity index (χ3v) is 14.3. The van der Waals surface area contributed by atoms with Crippen molar-refractivity contribution in [3.8, 4) is 5.75 Å². The van der Waals surface area contributed by atoms with E-state index in [9.17, 15) is 88.2 Å². The predicted molar refractivity (Wildman–Crippen MR) is 294 cm³/mol. The van der Waals surface area contributed by atoms with Gasteiger partial charge in [-0.25, -0.2) is 29.4 Å². The largest absolute Gasteiger partial charge is 0.508 e. The number of aromatic hydroxyl groups is 1. The van der Waals surface area contributed by atoms with E-state index in [0.717, 1.165) is 16.4 Å². The van der Waals surface area contributed by atoms with Crippen LogP contribution >= 0.6 is 33.8 Å². The summed E-state index contributed by atoms with van der Waals surface area (Å²) in [6.07, 6.45) is -3.38. The van der Waals surface area contributed by atoms with Crippen molar-refractivity contribution in [1.29, 1.82) is 0 Å². The number of phenols is 1. The second-order valence-electron chi connectivity index (χ2n) is 18.4. The molecule has 6 amide bonds. The average Bonchev–Trinajstić information content (AvgIpc) is 3.39. The van der Waals surface area contributed by atoms with Crippen LogP contribution in [0.2, 0.25) is 0 Å². The number of hydrogen-bond acceptors (Lipinski definition) is 17. The lowest BCUT2D eigenvalue weighted by Gasteiger charge is -2.24. The molecule has 0 aliphatic carbocycles. The van der Waals surface area contributed by atoms with Gasteiger partial charge in [-0.2, -0.15) is 0 Å². The summed E-state index contributed by atoms with van der Waals surface area (Å²) in [5.74, 6) is -13.4. The van der Waals surface area contributed by atoms with Gasteiger partial charge in [0.15, 0.2) is 5.11 Å². The van der Waals surface area contributed by atoms with Crippen molar-refractivity contribution in [2.75, 3.05) is 18.1 Å². The van der Waals surface area contributed by atoms with E-state index in [4.69, 9.17) is 22.1 Å². The van der Waals surface area contributed by atoms with Gasteiger partial charge >= 0.3 is 41.9 Å². The number of hydrazine groups is 1. The monoisotopic (exact) mass is 1200 g/mol. The predicted octanol–water partition coefficient (Wildman–Crippen LogP) is 1.14. The van der Waals surface area contributed by atoms with Gasteiger partial charge in [0, 0.05) is 43.1 Å². The van der Waals surface area contributed by atoms with Crippen molar-refractivity contribution in [3.05, 3.63) is 65.7 Å². The van der Waals surface area contributed by atoms with Crippen molar-refractivity contribution >= 4 is 110 Å². The maximum atomic E-state index is 13.7. The third kappa shape index (κ3) is 29.7. The van der Waals surface area contributed by atoms with Crippen LogP contribution in [0.1, 0.15) is 89.2 Å². The smallest absolute Gasteiger partial charge is 0.426 e. The van der Waals surface area contributed by atoms with E-state index in [1.807, 2.05) is 19.1 Å². The van der Waals surface area contributed by atoms with Gasteiger partial charge in [-0.05, 0) is 86.3 Å². The first-order chi connectivity index (χ1) is 38.2. The maximum Gasteiger partial charge on any atom is 0.426 e. The van der Waals surface area contributed by atoms with E-state index in [0.29, 0.717) is 37.0 Å². The first-order valence-corrected chi connectivity index (χ1v) is 28.0. The molecule has 28 nitrogen and oxygen atoms in total. The number of carboxylic acid groups (broad SMARTS) is 6. The van der Waals surface area contributed by atoms with Crippen molar-refractivity contribution < 1.29 is 98.0 Å². The number of benzene rings is 2. The number of nitrogens with one attached hydrogen (secondary N) is 8. The van der Waals surface area contributed by atoms with Gasteiger partial charge in [-0.1, -0.05) is 77.9 Å². The zero-order valence-electron chi connectivity index (χ0n) is 44.1. The van der Waals surface area contributed by atoms with E-state index < -0.39 is 164 Å². The molecule has 0 fully saturated rings. The van der Waals surface area contributed by atoms with E-state index >= 15 is 0 Å². The van der Waals surface area contributed by atoms with Gasteiger partial charge in [0.1, 0.15) is 42.0 Å². The fourth-order valence-corrected chi connectivity index (χ4v) is 9.93. The summed E-state index contributed by atoms with van der Waals surface area (Å²) >= 11 is 4.95. The number of amides is 6. The van der Waals surface area contributed by atoms with Gasteiger partial charge in [0.25, 0.3) is 0 Å². The molecule has 0 unspecified atom stereocenters. The van der Waals surface area contributed by atoms with Gasteiger partial charge in [0.05, 0.1) is 13.0 Å². The molecule has 2 rings (SSSR count). The number of carboxylic acids is 6. The van der Waals surface area contributed by atoms with Crippen LogP contribution in [-0.4, -0.2) is 167 Å². The molecular formula is C50H68N8O20S3. The van der Waals surface area contributed by atoms with Gasteiger partial charge in [-0.3, -0.25) is 39.0 Å². The fraction of sp³-hybridized carbons (Fsp3) is 0.500. The van der Waals surface area contributed by atoms with Gasteiger partial charge < -0.3 is 72.4 Å². The first kappa shape index (κ1) is 69.2. The number of carbonyl (C=O) groups excluding carboxylic acids is 6. The zero-order chi connectivity index (χ0) is 60.6. The summed E-state index contributed by atoms with van der Waals surface area (Å²) in [7, 11) is 2.38. The Kier molecular flexibility index (Phi) is 31.7. The van der Waals surface area contributed by atoms with E-state index in [2.05, 4.69) is 42.8 Å². The second-order valence-corrected chi connectivity index (χ2v) is 21.4. The summed E-state index contributed by atoms with van der Waals surface area (Å²) in [6, 6.07) is 5.19. The third-order valence-electron chi connectivity index (χ3n) is 11.6. The van der Waals surface area contributed by atoms with Gasteiger partial charge in [0.2, 0.25) is 29.5 Å². The molecule has 0 heterocycles. The topological polar surface area (TPSA) is 452 Å². The molecule has 0 saturated heterocycles. The standard InChI is InChI=1S/C50H68N8O20S3/c1-27(23-30-10-12-31(59)13-11-30)22-28(2)42(66)57-58-50(77)78-20-6-7-21-80-81-26-37(48(75)76)54-43(67)35(24-29-8-4-3-5-9-29)53-44(68)36(25-41(64)65)52-39(61)17-14-32(45(69)70)51-38(60)18-15-33(46(71)72)55-49(79)56-34(47(73)74)16-19-40(62)63/h3-5,8-13,27-28,32-37,59H,6-7,14-26H2,1-2H3,(H,51,60)(H,52,61)(H,53,68)(H,54,67)(H,57,66)(H,58,77)(H,62,63)(H,64,65)(H,69,70)(H,71,72)(H,73,74)(H,75,76)(H2,55,56,79)/t27-,28+,32+,33+,34+,35-,36+,37-/m1/s1. The first-order valence-electron chi connectivity index (χ1n) is 25.1. The Morgan fingerprint density at radius 2 is 1.04 bits per heavy atom. The van der Waals surface area contributed by atoms with Crippen LogP contribution in [-0.2, 0) is 70.3 Å². The highest BCUT2D eigenvalue weighted by Gasteiger charge is 2.32. The Labute approximate surface area is 477 Å². The number of rotatable bonds is 38. The van der Waals surface area contributed by atoms with Crippen LogP contribution in [0.4, 0.5) is 4.79 Å². The highest BCUT2D eigenvalue weighted by Crippen LogP contribution is 2.24. The number of hydrogen-bond donors (Lipinski definition) is 15. The number of phenolic OH excluding ortho intramolecular Hbond substituents is 1. The maximum absolute atomic E-state index is 13.7. The van der Waals surface area contributed by atoms with Crippen LogP contribution in [0.5, 0.6) is 5.75 Å². The lowest BCUT2D eigenvalue weighted by atomic mass is 9.91. The summed E-state index contributed by atoms with van der Waals surface area (Å²) in [5.41, 5.74) is 6.07. The van der Waals surface area contributed by atoms with E-state index in [1.54, 1.807) is 49.4 Å². The minimum atomic E-state index is -1.86. The molecule has 31 heteroatoms. The molecular weight excluding hydrogens is 1130 g/mol. The summed E-state index contributed by atoms with van der Waals surface area (Å²) < 4.78 is 5.11. The molecule has 0 saturated carbocycles. The van der Waals surface area contributed by atoms with E-state index in [-0.39, 0.29) is 30.4 Å². The van der Waals surface area contributed by atoms with Crippen LogP contribution in [0, 0.1) is 11.8 Å². The number of thiocarbonyl (C=S) groups is 1. The normalized spacial score (nSPS) is 13.8. The lowest BCUT2D eigenvalue weighted by Crippen LogP contribution is -2.57. The number of ether oxygens (including phenoxy) is 1. The molecule has 8 atom stereocenters. The van der Waals surface area contributed by atoms with Gasteiger partial charge in [-0.15, -0.1) is 0 Å². The molecule has 0 aliphatic rings. The van der Waals surface area contributed by atoms with Crippen molar-refractivity contribution in [3.63, 3.8) is 0 Å². The fourth-order valence-electron chi connectivity index (χ4n) is 7.35. The number of unbranched alkanes of at least 4 members (excludes halogenated alkanes) is 1. The molecule has 81 heavy (non-hydrogen) atoms. The SMILES string of the molecule is C[C@@H](Cc1ccc(O)cc1)C[C@H](C)C(=O)NNC(=O)OCCCCSSC[C@@H](NC(=O)[C@@H](Cc1ccccc1)NC(=O)[C@H](CC(=O)O)NC(=O)CC[C@H](NC(=O)CC[C@H](NC(=S)N[C@@H](CCC(=O)O)C(=O)O)C(=O)O)C(=O)O)C(=O)O. The van der Waals surface area contributed by atoms with Crippen LogP contribution in [0.3, 0.4) is 0 Å². The lowest BCUT2D eigenvalue weighted by molar-refractivity contribution is -0.143. The zero-order valence-corrected chi connectivity index (χ0v) is 46.5. The van der Waals surface area contributed by atoms with Crippen molar-refractivity contribution in [2.45, 2.75) is 127 Å². The summed E-state index contributed by atoms with van der Waals surface area (Å²) in [6.45, 7) is 3.73. The Morgan fingerprint density at radius 1 is 0.531 bits per heavy atom. The molecule has 0 aromatic heterocycles. The average molecular weight is 1200 g/mol. The van der Waals surface area contributed by atoms with Crippen molar-refractivity contribution in [1.82, 2.24) is 42.8 Å². The molecule has 2 aromatic carbocycles. The van der Waals surface area contributed by atoms with E-state index in [1.165, 1.54) is 10.8 Å². The number of aliphatic carboxylic acids is 6. The Morgan fingerprint density at radius 3 is 1.58 bits per heavy atom. The highest BCUT2D eigenvalue weighted by molar-refractivity contribution is 8.76. The Balaban J connectivity index is 1.92. The Bertz CT molecular complexity index is 2490. The molecule has 0 bridgehead atoms. The Hall–Kier alpha value is -7.93. The molecule has 0 aliphatic heterocycles.